The van der Waals surface area contributed by atoms with Gasteiger partial charge in [-0.05, 0) is 43.6 Å². The standard InChI is InChI=1S/C16H24N4O/c1-2-12(1)9-18-15-5-6-17-16(19-15)14-11-21-8-7-20(14)10-13-3-4-13/h5-6,12-14H,1-4,7-11H2,(H,17,18,19)/t14-/m0/s1. The van der Waals surface area contributed by atoms with Crippen molar-refractivity contribution in [3.8, 4) is 0 Å². The average molecular weight is 288 g/mol. The van der Waals surface area contributed by atoms with E-state index in [1.807, 2.05) is 12.3 Å². The Kier molecular flexibility index (Phi) is 3.78. The fourth-order valence-corrected chi connectivity index (χ4v) is 2.93. The topological polar surface area (TPSA) is 50.3 Å². The number of rotatable bonds is 6. The van der Waals surface area contributed by atoms with E-state index in [2.05, 4.69) is 15.2 Å². The molecule has 2 aliphatic carbocycles. The van der Waals surface area contributed by atoms with Gasteiger partial charge in [0.15, 0.2) is 0 Å². The number of anilines is 1. The molecule has 1 saturated heterocycles. The summed E-state index contributed by atoms with van der Waals surface area (Å²) < 4.78 is 5.67. The van der Waals surface area contributed by atoms with E-state index in [0.29, 0.717) is 0 Å². The van der Waals surface area contributed by atoms with E-state index < -0.39 is 0 Å². The van der Waals surface area contributed by atoms with Crippen LogP contribution in [0.1, 0.15) is 37.5 Å². The van der Waals surface area contributed by atoms with Crippen LogP contribution in [0.15, 0.2) is 12.3 Å². The fraction of sp³-hybridized carbons (Fsp3) is 0.750. The summed E-state index contributed by atoms with van der Waals surface area (Å²) in [5.41, 5.74) is 0. The summed E-state index contributed by atoms with van der Waals surface area (Å²) >= 11 is 0. The summed E-state index contributed by atoms with van der Waals surface area (Å²) in [6, 6.07) is 2.20. The van der Waals surface area contributed by atoms with Crippen molar-refractivity contribution in [2.24, 2.45) is 11.8 Å². The third-order valence-electron chi connectivity index (χ3n) is 4.67. The minimum Gasteiger partial charge on any atom is -0.378 e. The van der Waals surface area contributed by atoms with Gasteiger partial charge >= 0.3 is 0 Å². The highest BCUT2D eigenvalue weighted by Crippen LogP contribution is 2.33. The van der Waals surface area contributed by atoms with Crippen LogP contribution in [0.4, 0.5) is 5.82 Å². The molecule has 0 aromatic carbocycles. The van der Waals surface area contributed by atoms with Gasteiger partial charge in [-0.3, -0.25) is 4.90 Å². The molecular weight excluding hydrogens is 264 g/mol. The van der Waals surface area contributed by atoms with E-state index >= 15 is 0 Å². The number of morpholine rings is 1. The smallest absolute Gasteiger partial charge is 0.150 e. The van der Waals surface area contributed by atoms with Crippen LogP contribution in [-0.2, 0) is 4.74 Å². The zero-order valence-electron chi connectivity index (χ0n) is 12.5. The molecule has 0 radical (unpaired) electrons. The molecule has 0 amide bonds. The largest absolute Gasteiger partial charge is 0.378 e. The van der Waals surface area contributed by atoms with Gasteiger partial charge in [-0.15, -0.1) is 0 Å². The maximum atomic E-state index is 5.67. The normalized spacial score (nSPS) is 26.8. The number of nitrogens with one attached hydrogen (secondary N) is 1. The molecule has 2 saturated carbocycles. The maximum Gasteiger partial charge on any atom is 0.150 e. The molecule has 0 spiro atoms. The fourth-order valence-electron chi connectivity index (χ4n) is 2.93. The summed E-state index contributed by atoms with van der Waals surface area (Å²) in [6.07, 6.45) is 7.36. The van der Waals surface area contributed by atoms with Crippen molar-refractivity contribution in [3.63, 3.8) is 0 Å². The Balaban J connectivity index is 1.45. The van der Waals surface area contributed by atoms with Gasteiger partial charge in [-0.2, -0.15) is 0 Å². The molecule has 3 aliphatic rings. The Morgan fingerprint density at radius 2 is 2.10 bits per heavy atom. The second kappa shape index (κ2) is 5.89. The molecule has 3 fully saturated rings. The Morgan fingerprint density at radius 3 is 2.90 bits per heavy atom. The van der Waals surface area contributed by atoms with Gasteiger partial charge in [0.2, 0.25) is 0 Å². The lowest BCUT2D eigenvalue weighted by molar-refractivity contribution is -0.0137. The van der Waals surface area contributed by atoms with Crippen LogP contribution >= 0.6 is 0 Å². The molecular formula is C16H24N4O. The predicted molar refractivity (Wildman–Crippen MR) is 81.1 cm³/mol. The van der Waals surface area contributed by atoms with Crippen molar-refractivity contribution in [3.05, 3.63) is 18.1 Å². The lowest BCUT2D eigenvalue weighted by atomic mass is 10.2. The Hall–Kier alpha value is -1.20. The van der Waals surface area contributed by atoms with E-state index in [4.69, 9.17) is 9.72 Å². The van der Waals surface area contributed by atoms with Gasteiger partial charge in [0, 0.05) is 25.8 Å². The van der Waals surface area contributed by atoms with Gasteiger partial charge < -0.3 is 10.1 Å². The molecule has 1 aromatic rings. The maximum absolute atomic E-state index is 5.67. The molecule has 4 rings (SSSR count). The van der Waals surface area contributed by atoms with Crippen LogP contribution in [0.5, 0.6) is 0 Å². The molecule has 0 unspecified atom stereocenters. The first-order valence-electron chi connectivity index (χ1n) is 8.27. The lowest BCUT2D eigenvalue weighted by Gasteiger charge is -2.34. The number of hydrogen-bond donors (Lipinski definition) is 1. The van der Waals surface area contributed by atoms with Gasteiger partial charge in [0.1, 0.15) is 11.6 Å². The predicted octanol–water partition coefficient (Wildman–Crippen LogP) is 2.08. The van der Waals surface area contributed by atoms with E-state index in [1.54, 1.807) is 0 Å². The minimum atomic E-state index is 0.224. The van der Waals surface area contributed by atoms with Gasteiger partial charge in [-0.25, -0.2) is 9.97 Å². The molecule has 2 heterocycles. The van der Waals surface area contributed by atoms with E-state index in [0.717, 1.165) is 49.8 Å². The van der Waals surface area contributed by atoms with Crippen molar-refractivity contribution in [2.75, 3.05) is 38.2 Å². The molecule has 114 valence electrons. The number of ether oxygens (including phenoxy) is 1. The number of nitrogens with zero attached hydrogens (tertiary/aromatic N) is 3. The summed E-state index contributed by atoms with van der Waals surface area (Å²) in [6.45, 7) is 4.78. The third kappa shape index (κ3) is 3.52. The van der Waals surface area contributed by atoms with Crippen molar-refractivity contribution in [1.82, 2.24) is 14.9 Å². The monoisotopic (exact) mass is 288 g/mol. The van der Waals surface area contributed by atoms with Crippen molar-refractivity contribution in [1.29, 1.82) is 0 Å². The number of aromatic nitrogens is 2. The second-order valence-electron chi connectivity index (χ2n) is 6.65. The first kappa shape index (κ1) is 13.5. The highest BCUT2D eigenvalue weighted by molar-refractivity contribution is 5.33. The van der Waals surface area contributed by atoms with E-state index in [-0.39, 0.29) is 6.04 Å². The van der Waals surface area contributed by atoms with Crippen LogP contribution in [-0.4, -0.2) is 47.7 Å². The summed E-state index contributed by atoms with van der Waals surface area (Å²) in [4.78, 5) is 11.8. The Morgan fingerprint density at radius 1 is 1.24 bits per heavy atom. The Bertz CT molecular complexity index is 487. The highest BCUT2D eigenvalue weighted by atomic mass is 16.5. The molecule has 1 N–H and O–H groups in total. The molecule has 5 heteroatoms. The highest BCUT2D eigenvalue weighted by Gasteiger charge is 2.32. The van der Waals surface area contributed by atoms with Crippen LogP contribution in [0.2, 0.25) is 0 Å². The van der Waals surface area contributed by atoms with Crippen LogP contribution in [0.25, 0.3) is 0 Å². The minimum absolute atomic E-state index is 0.224. The zero-order valence-corrected chi connectivity index (χ0v) is 12.5. The lowest BCUT2D eigenvalue weighted by Crippen LogP contribution is -2.41. The molecule has 5 nitrogen and oxygen atoms in total. The van der Waals surface area contributed by atoms with Gasteiger partial charge in [0.25, 0.3) is 0 Å². The van der Waals surface area contributed by atoms with Gasteiger partial charge in [0.05, 0.1) is 19.3 Å². The Labute approximate surface area is 126 Å². The quantitative estimate of drug-likeness (QED) is 0.868. The average Bonchev–Trinajstić information content (AvgIpc) is 3.41. The van der Waals surface area contributed by atoms with Crippen LogP contribution < -0.4 is 5.32 Å². The summed E-state index contributed by atoms with van der Waals surface area (Å²) in [5.74, 6) is 3.62. The first-order chi connectivity index (χ1) is 10.4. The van der Waals surface area contributed by atoms with Crippen molar-refractivity contribution >= 4 is 5.82 Å². The third-order valence-corrected chi connectivity index (χ3v) is 4.67. The first-order valence-corrected chi connectivity index (χ1v) is 8.27. The van der Waals surface area contributed by atoms with Crippen molar-refractivity contribution < 1.29 is 4.74 Å². The van der Waals surface area contributed by atoms with Crippen LogP contribution in [0, 0.1) is 11.8 Å². The molecule has 1 atom stereocenters. The summed E-state index contributed by atoms with van der Waals surface area (Å²) in [5, 5.41) is 3.44. The second-order valence-corrected chi connectivity index (χ2v) is 6.65. The van der Waals surface area contributed by atoms with E-state index in [1.165, 1.54) is 32.2 Å². The molecule has 21 heavy (non-hydrogen) atoms. The summed E-state index contributed by atoms with van der Waals surface area (Å²) in [7, 11) is 0. The SMILES string of the molecule is c1cc(NCC2CC2)nc([C@@H]2COCCN2CC2CC2)n1. The molecule has 0 bridgehead atoms. The molecule has 1 aliphatic heterocycles. The van der Waals surface area contributed by atoms with Crippen LogP contribution in [0.3, 0.4) is 0 Å². The van der Waals surface area contributed by atoms with Crippen molar-refractivity contribution in [2.45, 2.75) is 31.7 Å². The zero-order chi connectivity index (χ0) is 14.1. The number of hydrogen-bond acceptors (Lipinski definition) is 5. The van der Waals surface area contributed by atoms with E-state index in [9.17, 15) is 0 Å². The van der Waals surface area contributed by atoms with Gasteiger partial charge in [-0.1, -0.05) is 0 Å². The molecule has 1 aromatic heterocycles.